The molecule has 0 spiro atoms. The number of piperidine rings is 1. The maximum Gasteiger partial charge on any atom is 0.349 e. The molecule has 1 aromatic carbocycles. The zero-order chi connectivity index (χ0) is 15.4. The molecule has 2 aliphatic heterocycles. The molecule has 0 radical (unpaired) electrons. The molecule has 5 nitrogen and oxygen atoms in total. The van der Waals surface area contributed by atoms with Gasteiger partial charge in [-0.1, -0.05) is 18.2 Å². The van der Waals surface area contributed by atoms with Crippen molar-refractivity contribution >= 4 is 21.4 Å². The number of nitrogens with zero attached hydrogens (tertiary/aromatic N) is 2. The quantitative estimate of drug-likeness (QED) is 0.911. The summed E-state index contributed by atoms with van der Waals surface area (Å²) in [6.45, 7) is 1.79. The fraction of sp³-hybridized carbons (Fsp3) is 0.562. The lowest BCUT2D eigenvalue weighted by Gasteiger charge is -2.34. The van der Waals surface area contributed by atoms with Crippen LogP contribution in [0.15, 0.2) is 34.7 Å². The van der Waals surface area contributed by atoms with Crippen molar-refractivity contribution in [1.82, 2.24) is 5.32 Å². The first-order chi connectivity index (χ1) is 10.6. The van der Waals surface area contributed by atoms with E-state index in [-0.39, 0.29) is 6.04 Å². The second-order valence-corrected chi connectivity index (χ2v) is 8.59. The summed E-state index contributed by atoms with van der Waals surface area (Å²) in [6, 6.07) is 9.91. The Bertz CT molecular complexity index is 626. The van der Waals surface area contributed by atoms with Gasteiger partial charge in [-0.25, -0.2) is 9.00 Å². The Morgan fingerprint density at radius 1 is 1.18 bits per heavy atom. The highest BCUT2D eigenvalue weighted by Gasteiger charge is 2.23. The maximum absolute atomic E-state index is 12.3. The van der Waals surface area contributed by atoms with E-state index in [0.717, 1.165) is 38.8 Å². The van der Waals surface area contributed by atoms with Crippen LogP contribution in [0.25, 0.3) is 0 Å². The van der Waals surface area contributed by atoms with Crippen molar-refractivity contribution in [2.45, 2.75) is 31.7 Å². The van der Waals surface area contributed by atoms with Gasteiger partial charge in [-0.05, 0) is 37.8 Å². The molecule has 1 unspecified atom stereocenters. The van der Waals surface area contributed by atoms with Crippen LogP contribution in [0.1, 0.15) is 25.7 Å². The average molecular weight is 321 g/mol. The molecule has 1 atom stereocenters. The van der Waals surface area contributed by atoms with Gasteiger partial charge in [0.25, 0.3) is 0 Å². The first-order valence-corrected chi connectivity index (χ1v) is 9.83. The van der Waals surface area contributed by atoms with E-state index in [1.54, 1.807) is 0 Å². The molecule has 2 heterocycles. The zero-order valence-corrected chi connectivity index (χ0v) is 13.6. The number of amides is 2. The van der Waals surface area contributed by atoms with Gasteiger partial charge < -0.3 is 10.2 Å². The Balaban J connectivity index is 1.61. The summed E-state index contributed by atoms with van der Waals surface area (Å²) >= 11 is 0. The zero-order valence-electron chi connectivity index (χ0n) is 12.7. The third-order valence-corrected chi connectivity index (χ3v) is 6.65. The molecule has 120 valence electrons. The fourth-order valence-corrected chi connectivity index (χ4v) is 5.22. The van der Waals surface area contributed by atoms with Crippen LogP contribution in [0.3, 0.4) is 0 Å². The predicted molar refractivity (Wildman–Crippen MR) is 89.7 cm³/mol. The molecule has 0 saturated carbocycles. The average Bonchev–Trinajstić information content (AvgIpc) is 2.94. The van der Waals surface area contributed by atoms with Crippen molar-refractivity contribution in [2.75, 3.05) is 29.5 Å². The molecule has 2 fully saturated rings. The van der Waals surface area contributed by atoms with Gasteiger partial charge in [0.05, 0.1) is 9.73 Å². The molecule has 2 amide bonds. The van der Waals surface area contributed by atoms with Gasteiger partial charge in [0.2, 0.25) is 0 Å². The Morgan fingerprint density at radius 3 is 2.64 bits per heavy atom. The number of hydrogen-bond acceptors (Lipinski definition) is 3. The second-order valence-electron chi connectivity index (χ2n) is 6.05. The maximum atomic E-state index is 12.3. The lowest BCUT2D eigenvalue weighted by atomic mass is 10.1. The third-order valence-electron chi connectivity index (χ3n) is 4.30. The van der Waals surface area contributed by atoms with E-state index in [1.807, 2.05) is 18.2 Å². The summed E-state index contributed by atoms with van der Waals surface area (Å²) in [4.78, 5) is 14.3. The highest BCUT2D eigenvalue weighted by atomic mass is 32.2. The summed E-state index contributed by atoms with van der Waals surface area (Å²) in [6.07, 6.45) is 3.82. The van der Waals surface area contributed by atoms with E-state index < -0.39 is 15.8 Å². The summed E-state index contributed by atoms with van der Waals surface area (Å²) in [5.74, 6) is 1.14. The van der Waals surface area contributed by atoms with Crippen molar-refractivity contribution in [1.29, 1.82) is 0 Å². The van der Waals surface area contributed by atoms with Gasteiger partial charge in [-0.15, -0.1) is 4.36 Å². The van der Waals surface area contributed by atoms with Crippen LogP contribution in [-0.4, -0.2) is 40.9 Å². The molecule has 22 heavy (non-hydrogen) atoms. The lowest BCUT2D eigenvalue weighted by molar-refractivity contribution is 0.244. The summed E-state index contributed by atoms with van der Waals surface area (Å²) in [7, 11) is -2.27. The minimum absolute atomic E-state index is 0.0783. The Morgan fingerprint density at radius 2 is 1.91 bits per heavy atom. The Labute approximate surface area is 132 Å². The highest BCUT2D eigenvalue weighted by molar-refractivity contribution is 7.94. The van der Waals surface area contributed by atoms with E-state index in [4.69, 9.17) is 0 Å². The SMILES string of the molecule is O=C(N=S1(=O)CCCC1)NC1CCCN(c2ccccc2)C1. The number of anilines is 1. The highest BCUT2D eigenvalue weighted by Crippen LogP contribution is 2.20. The van der Waals surface area contributed by atoms with Crippen LogP contribution in [0, 0.1) is 0 Å². The topological polar surface area (TPSA) is 61.8 Å². The molecule has 0 aliphatic carbocycles. The van der Waals surface area contributed by atoms with Gasteiger partial charge in [-0.3, -0.25) is 0 Å². The van der Waals surface area contributed by atoms with Gasteiger partial charge in [0, 0.05) is 36.3 Å². The standard InChI is InChI=1S/C16H23N3O2S/c20-16(18-22(21)11-4-5-12-22)17-14-7-6-10-19(13-14)15-8-2-1-3-9-15/h1-3,8-9,14H,4-7,10-13H2,(H,17,20). The van der Waals surface area contributed by atoms with E-state index >= 15 is 0 Å². The number of benzene rings is 1. The van der Waals surface area contributed by atoms with Crippen molar-refractivity contribution in [3.8, 4) is 0 Å². The first kappa shape index (κ1) is 15.3. The van der Waals surface area contributed by atoms with Crippen molar-refractivity contribution in [3.63, 3.8) is 0 Å². The molecule has 1 N–H and O–H groups in total. The summed E-state index contributed by atoms with van der Waals surface area (Å²) < 4.78 is 16.2. The number of urea groups is 1. The normalized spacial score (nSPS) is 24.0. The Kier molecular flexibility index (Phi) is 4.66. The second kappa shape index (κ2) is 6.69. The molecule has 0 aromatic heterocycles. The minimum atomic E-state index is -2.27. The van der Waals surface area contributed by atoms with Crippen LogP contribution in [0.4, 0.5) is 10.5 Å². The van der Waals surface area contributed by atoms with Gasteiger partial charge in [0.15, 0.2) is 0 Å². The van der Waals surface area contributed by atoms with Crippen LogP contribution < -0.4 is 10.2 Å². The molecule has 0 bridgehead atoms. The fourth-order valence-electron chi connectivity index (χ4n) is 3.17. The summed E-state index contributed by atoms with van der Waals surface area (Å²) in [5.41, 5.74) is 1.18. The van der Waals surface area contributed by atoms with E-state index in [9.17, 15) is 9.00 Å². The summed E-state index contributed by atoms with van der Waals surface area (Å²) in [5, 5.41) is 2.94. The molecule has 3 rings (SSSR count). The van der Waals surface area contributed by atoms with Gasteiger partial charge >= 0.3 is 6.03 Å². The van der Waals surface area contributed by atoms with E-state index in [2.05, 4.69) is 26.7 Å². The van der Waals surface area contributed by atoms with Gasteiger partial charge in [-0.2, -0.15) is 0 Å². The largest absolute Gasteiger partial charge is 0.369 e. The molecular weight excluding hydrogens is 298 g/mol. The van der Waals surface area contributed by atoms with Gasteiger partial charge in [0.1, 0.15) is 0 Å². The molecule has 2 aliphatic rings. The first-order valence-electron chi connectivity index (χ1n) is 7.98. The molecular formula is C16H23N3O2S. The monoisotopic (exact) mass is 321 g/mol. The van der Waals surface area contributed by atoms with Crippen LogP contribution in [-0.2, 0) is 9.73 Å². The molecule has 6 heteroatoms. The number of rotatable bonds is 2. The number of carbonyl (C=O) groups is 1. The van der Waals surface area contributed by atoms with Crippen molar-refractivity contribution in [3.05, 3.63) is 30.3 Å². The number of nitrogens with one attached hydrogen (secondary N) is 1. The molecule has 2 saturated heterocycles. The van der Waals surface area contributed by atoms with Crippen molar-refractivity contribution < 1.29 is 9.00 Å². The van der Waals surface area contributed by atoms with Crippen molar-refractivity contribution in [2.24, 2.45) is 4.36 Å². The Hall–Kier alpha value is -1.56. The van der Waals surface area contributed by atoms with Crippen LogP contribution in [0.2, 0.25) is 0 Å². The van der Waals surface area contributed by atoms with E-state index in [0.29, 0.717) is 11.5 Å². The lowest BCUT2D eigenvalue weighted by Crippen LogP contribution is -2.47. The number of hydrogen-bond donors (Lipinski definition) is 1. The number of para-hydroxylation sites is 1. The van der Waals surface area contributed by atoms with Crippen LogP contribution in [0.5, 0.6) is 0 Å². The molecule has 1 aromatic rings. The van der Waals surface area contributed by atoms with E-state index in [1.165, 1.54) is 5.69 Å². The van der Waals surface area contributed by atoms with Crippen LogP contribution >= 0.6 is 0 Å². The minimum Gasteiger partial charge on any atom is -0.369 e. The number of carbonyl (C=O) groups excluding carboxylic acids is 1. The third kappa shape index (κ3) is 3.80. The predicted octanol–water partition coefficient (Wildman–Crippen LogP) is 2.63. The smallest absolute Gasteiger partial charge is 0.349 e.